The summed E-state index contributed by atoms with van der Waals surface area (Å²) >= 11 is 0. The van der Waals surface area contributed by atoms with Crippen molar-refractivity contribution in [2.24, 2.45) is 0 Å². The fourth-order valence-electron chi connectivity index (χ4n) is 1.26. The van der Waals surface area contributed by atoms with Crippen LogP contribution in [0.1, 0.15) is 26.3 Å². The topological polar surface area (TPSA) is 14.2 Å². The lowest BCUT2D eigenvalue weighted by molar-refractivity contribution is 0.112. The highest BCUT2D eigenvalue weighted by atomic mass is 16.5. The zero-order valence-corrected chi connectivity index (χ0v) is 7.86. The monoisotopic (exact) mass is 167 g/mol. The van der Waals surface area contributed by atoms with Gasteiger partial charge in [-0.05, 0) is 25.5 Å². The van der Waals surface area contributed by atoms with Gasteiger partial charge in [-0.25, -0.2) is 0 Å². The van der Waals surface area contributed by atoms with Crippen LogP contribution in [0, 0.1) is 0 Å². The molecular formula is C10H17NO. The molecule has 0 aromatic carbocycles. The molecule has 12 heavy (non-hydrogen) atoms. The Kier molecular flexibility index (Phi) is 3.88. The largest absolute Gasteiger partial charge is 0.380 e. The van der Waals surface area contributed by atoms with Gasteiger partial charge in [0.25, 0.3) is 0 Å². The highest BCUT2D eigenvalue weighted by Crippen LogP contribution is 2.11. The highest BCUT2D eigenvalue weighted by Gasteiger charge is 2.05. The summed E-state index contributed by atoms with van der Waals surface area (Å²) in [6.07, 6.45) is 5.30. The van der Waals surface area contributed by atoms with Crippen LogP contribution in [0.15, 0.2) is 24.5 Å². The fourth-order valence-corrected chi connectivity index (χ4v) is 1.26. The van der Waals surface area contributed by atoms with E-state index in [1.165, 1.54) is 0 Å². The van der Waals surface area contributed by atoms with Crippen molar-refractivity contribution < 1.29 is 4.74 Å². The SMILES string of the molecule is CCOCC(CC)n1cccc1. The van der Waals surface area contributed by atoms with E-state index in [9.17, 15) is 0 Å². The minimum absolute atomic E-state index is 0.500. The van der Waals surface area contributed by atoms with Gasteiger partial charge in [0.2, 0.25) is 0 Å². The highest BCUT2D eigenvalue weighted by molar-refractivity contribution is 4.92. The Hall–Kier alpha value is -0.760. The van der Waals surface area contributed by atoms with Crippen molar-refractivity contribution in [2.75, 3.05) is 13.2 Å². The molecular weight excluding hydrogens is 150 g/mol. The fraction of sp³-hybridized carbons (Fsp3) is 0.600. The van der Waals surface area contributed by atoms with Crippen LogP contribution < -0.4 is 0 Å². The lowest BCUT2D eigenvalue weighted by Gasteiger charge is -2.16. The van der Waals surface area contributed by atoms with Crippen LogP contribution in [-0.4, -0.2) is 17.8 Å². The Morgan fingerprint density at radius 2 is 1.92 bits per heavy atom. The third kappa shape index (κ3) is 2.38. The van der Waals surface area contributed by atoms with E-state index in [2.05, 4.69) is 36.0 Å². The van der Waals surface area contributed by atoms with Crippen molar-refractivity contribution in [3.63, 3.8) is 0 Å². The standard InChI is InChI=1S/C10H17NO/c1-3-10(9-12-4-2)11-7-5-6-8-11/h5-8,10H,3-4,9H2,1-2H3. The van der Waals surface area contributed by atoms with Gasteiger partial charge in [0.1, 0.15) is 0 Å². The first-order chi connectivity index (χ1) is 5.88. The Morgan fingerprint density at radius 3 is 2.42 bits per heavy atom. The number of rotatable bonds is 5. The van der Waals surface area contributed by atoms with Crippen molar-refractivity contribution in [3.05, 3.63) is 24.5 Å². The minimum atomic E-state index is 0.500. The Morgan fingerprint density at radius 1 is 1.25 bits per heavy atom. The molecule has 0 saturated heterocycles. The number of hydrogen-bond acceptors (Lipinski definition) is 1. The van der Waals surface area contributed by atoms with Crippen molar-refractivity contribution >= 4 is 0 Å². The molecule has 1 atom stereocenters. The molecule has 0 N–H and O–H groups in total. The van der Waals surface area contributed by atoms with E-state index in [0.717, 1.165) is 19.6 Å². The van der Waals surface area contributed by atoms with Gasteiger partial charge in [-0.15, -0.1) is 0 Å². The predicted molar refractivity (Wildman–Crippen MR) is 50.3 cm³/mol. The summed E-state index contributed by atoms with van der Waals surface area (Å²) in [6.45, 7) is 5.84. The third-order valence-corrected chi connectivity index (χ3v) is 2.03. The van der Waals surface area contributed by atoms with E-state index >= 15 is 0 Å². The molecule has 0 aliphatic rings. The molecule has 0 fully saturated rings. The molecule has 1 aromatic rings. The zero-order chi connectivity index (χ0) is 8.81. The van der Waals surface area contributed by atoms with Crippen LogP contribution in [0.3, 0.4) is 0 Å². The first kappa shape index (κ1) is 9.33. The summed E-state index contributed by atoms with van der Waals surface area (Å²) in [7, 11) is 0. The minimum Gasteiger partial charge on any atom is -0.380 e. The van der Waals surface area contributed by atoms with Crippen LogP contribution in [0.2, 0.25) is 0 Å². The molecule has 0 spiro atoms. The van der Waals surface area contributed by atoms with Gasteiger partial charge in [0, 0.05) is 19.0 Å². The van der Waals surface area contributed by atoms with E-state index < -0.39 is 0 Å². The van der Waals surface area contributed by atoms with Gasteiger partial charge in [-0.2, -0.15) is 0 Å². The number of hydrogen-bond donors (Lipinski definition) is 0. The average molecular weight is 167 g/mol. The lowest BCUT2D eigenvalue weighted by atomic mass is 10.2. The zero-order valence-electron chi connectivity index (χ0n) is 7.86. The van der Waals surface area contributed by atoms with E-state index in [-0.39, 0.29) is 0 Å². The maximum absolute atomic E-state index is 5.39. The Balaban J connectivity index is 2.45. The van der Waals surface area contributed by atoms with Crippen LogP contribution >= 0.6 is 0 Å². The molecule has 68 valence electrons. The lowest BCUT2D eigenvalue weighted by Crippen LogP contribution is -2.12. The van der Waals surface area contributed by atoms with Gasteiger partial charge in [0.15, 0.2) is 0 Å². The van der Waals surface area contributed by atoms with Crippen LogP contribution in [0.4, 0.5) is 0 Å². The molecule has 0 saturated carbocycles. The molecule has 0 aliphatic heterocycles. The summed E-state index contributed by atoms with van der Waals surface area (Å²) in [5, 5.41) is 0. The van der Waals surface area contributed by atoms with E-state index in [4.69, 9.17) is 4.74 Å². The molecule has 2 heteroatoms. The maximum atomic E-state index is 5.39. The van der Waals surface area contributed by atoms with Crippen molar-refractivity contribution in [2.45, 2.75) is 26.3 Å². The Bertz CT molecular complexity index is 194. The first-order valence-corrected chi connectivity index (χ1v) is 4.58. The summed E-state index contributed by atoms with van der Waals surface area (Å²) in [4.78, 5) is 0. The molecule has 1 aromatic heterocycles. The van der Waals surface area contributed by atoms with Crippen LogP contribution in [0.25, 0.3) is 0 Å². The molecule has 1 rings (SSSR count). The second kappa shape index (κ2) is 4.99. The molecule has 1 unspecified atom stereocenters. The van der Waals surface area contributed by atoms with Gasteiger partial charge >= 0.3 is 0 Å². The Labute approximate surface area is 74.2 Å². The van der Waals surface area contributed by atoms with Gasteiger partial charge in [0.05, 0.1) is 12.6 Å². The smallest absolute Gasteiger partial charge is 0.0673 e. The van der Waals surface area contributed by atoms with E-state index in [1.54, 1.807) is 0 Å². The van der Waals surface area contributed by atoms with E-state index in [0.29, 0.717) is 6.04 Å². The van der Waals surface area contributed by atoms with Gasteiger partial charge in [-0.1, -0.05) is 6.92 Å². The quantitative estimate of drug-likeness (QED) is 0.657. The van der Waals surface area contributed by atoms with Crippen LogP contribution in [0.5, 0.6) is 0 Å². The third-order valence-electron chi connectivity index (χ3n) is 2.03. The predicted octanol–water partition coefficient (Wildman–Crippen LogP) is 2.48. The molecule has 0 amide bonds. The van der Waals surface area contributed by atoms with Crippen molar-refractivity contribution in [1.29, 1.82) is 0 Å². The number of aromatic nitrogens is 1. The molecule has 1 heterocycles. The molecule has 0 radical (unpaired) electrons. The van der Waals surface area contributed by atoms with Crippen molar-refractivity contribution in [3.8, 4) is 0 Å². The van der Waals surface area contributed by atoms with Crippen molar-refractivity contribution in [1.82, 2.24) is 4.57 Å². The van der Waals surface area contributed by atoms with Crippen LogP contribution in [-0.2, 0) is 4.74 Å². The molecule has 0 bridgehead atoms. The molecule has 2 nitrogen and oxygen atoms in total. The summed E-state index contributed by atoms with van der Waals surface area (Å²) in [5.41, 5.74) is 0. The van der Waals surface area contributed by atoms with E-state index in [1.807, 2.05) is 6.92 Å². The first-order valence-electron chi connectivity index (χ1n) is 4.58. The number of ether oxygens (including phenoxy) is 1. The number of nitrogens with zero attached hydrogens (tertiary/aromatic N) is 1. The second-order valence-corrected chi connectivity index (χ2v) is 2.85. The maximum Gasteiger partial charge on any atom is 0.0673 e. The summed E-state index contributed by atoms with van der Waals surface area (Å²) < 4.78 is 7.59. The molecule has 0 aliphatic carbocycles. The normalized spacial score (nSPS) is 13.2. The van der Waals surface area contributed by atoms with Gasteiger partial charge < -0.3 is 9.30 Å². The second-order valence-electron chi connectivity index (χ2n) is 2.85. The summed E-state index contributed by atoms with van der Waals surface area (Å²) in [6, 6.07) is 4.60. The average Bonchev–Trinajstić information content (AvgIpc) is 2.59. The summed E-state index contributed by atoms with van der Waals surface area (Å²) in [5.74, 6) is 0. The van der Waals surface area contributed by atoms with Gasteiger partial charge in [-0.3, -0.25) is 0 Å².